The second-order valence-corrected chi connectivity index (χ2v) is 8.93. The highest BCUT2D eigenvalue weighted by Crippen LogP contribution is 2.44. The number of nitriles is 1. The van der Waals surface area contributed by atoms with Gasteiger partial charge in [-0.15, -0.1) is 0 Å². The molecule has 2 nitrogen and oxygen atoms in total. The van der Waals surface area contributed by atoms with Crippen LogP contribution in [0.5, 0.6) is 0 Å². The highest BCUT2D eigenvalue weighted by Gasteiger charge is 2.41. The van der Waals surface area contributed by atoms with Crippen molar-refractivity contribution in [2.24, 2.45) is 5.92 Å². The third kappa shape index (κ3) is 5.29. The van der Waals surface area contributed by atoms with Crippen molar-refractivity contribution >= 4 is 0 Å². The Labute approximate surface area is 181 Å². The molecule has 0 aromatic heterocycles. The zero-order valence-electron chi connectivity index (χ0n) is 18.5. The lowest BCUT2D eigenvalue weighted by atomic mass is 9.63. The van der Waals surface area contributed by atoms with Gasteiger partial charge in [0.1, 0.15) is 5.82 Å². The van der Waals surface area contributed by atoms with E-state index >= 15 is 0 Å². The molecule has 0 spiro atoms. The normalized spacial score (nSPS) is 18.0. The summed E-state index contributed by atoms with van der Waals surface area (Å²) in [5.41, 5.74) is 1.80. The summed E-state index contributed by atoms with van der Waals surface area (Å²) in [6, 6.07) is 20.5. The van der Waals surface area contributed by atoms with E-state index in [-0.39, 0.29) is 5.82 Å². The van der Waals surface area contributed by atoms with Crippen molar-refractivity contribution < 1.29 is 4.39 Å². The number of hydrogen-bond acceptors (Lipinski definition) is 2. The van der Waals surface area contributed by atoms with Crippen LogP contribution in [0.25, 0.3) is 0 Å². The molecule has 0 radical (unpaired) electrons. The fraction of sp³-hybridized carbons (Fsp3) is 0.519. The first kappa shape index (κ1) is 22.5. The Bertz CT molecular complexity index is 805. The van der Waals surface area contributed by atoms with Gasteiger partial charge in [-0.05, 0) is 68.3 Å². The second kappa shape index (κ2) is 10.7. The summed E-state index contributed by atoms with van der Waals surface area (Å²) < 4.78 is 13.6. The Kier molecular flexibility index (Phi) is 8.05. The minimum absolute atomic E-state index is 0.233. The third-order valence-corrected chi connectivity index (χ3v) is 7.10. The second-order valence-electron chi connectivity index (χ2n) is 8.93. The van der Waals surface area contributed by atoms with Crippen LogP contribution in [-0.2, 0) is 12.0 Å². The third-order valence-electron chi connectivity index (χ3n) is 7.10. The van der Waals surface area contributed by atoms with Gasteiger partial charge in [-0.1, -0.05) is 68.7 Å². The molecule has 1 aliphatic rings. The zero-order chi connectivity index (χ0) is 21.4. The monoisotopic (exact) mass is 406 g/mol. The molecule has 3 rings (SSSR count). The lowest BCUT2D eigenvalue weighted by Gasteiger charge is -2.39. The topological polar surface area (TPSA) is 27.0 Å². The van der Waals surface area contributed by atoms with Gasteiger partial charge in [0.15, 0.2) is 0 Å². The van der Waals surface area contributed by atoms with Gasteiger partial charge < -0.3 is 0 Å². The average molecular weight is 407 g/mol. The first-order chi connectivity index (χ1) is 14.6. The van der Waals surface area contributed by atoms with Crippen LogP contribution < -0.4 is 0 Å². The Hall–Kier alpha value is -2.18. The van der Waals surface area contributed by atoms with Gasteiger partial charge in [-0.3, -0.25) is 4.90 Å². The van der Waals surface area contributed by atoms with Crippen LogP contribution in [0.3, 0.4) is 0 Å². The maximum Gasteiger partial charge on any atom is 0.123 e. The fourth-order valence-electron chi connectivity index (χ4n) is 5.27. The van der Waals surface area contributed by atoms with E-state index in [4.69, 9.17) is 0 Å². The lowest BCUT2D eigenvalue weighted by Crippen LogP contribution is -2.38. The van der Waals surface area contributed by atoms with E-state index in [9.17, 15) is 9.65 Å². The summed E-state index contributed by atoms with van der Waals surface area (Å²) in [5.74, 6) is 0.127. The summed E-state index contributed by atoms with van der Waals surface area (Å²) in [4.78, 5) is 2.42. The van der Waals surface area contributed by atoms with Crippen molar-refractivity contribution in [3.63, 3.8) is 0 Å². The Morgan fingerprint density at radius 1 is 1.07 bits per heavy atom. The van der Waals surface area contributed by atoms with Gasteiger partial charge >= 0.3 is 0 Å². The van der Waals surface area contributed by atoms with Crippen molar-refractivity contribution in [2.75, 3.05) is 7.05 Å². The SMILES string of the molecule is CCC(CCC(C#N)(c1ccc(F)cc1)C1CCCCC1)N(C)Cc1ccccc1. The zero-order valence-corrected chi connectivity index (χ0v) is 18.5. The molecule has 1 aliphatic carbocycles. The number of benzene rings is 2. The van der Waals surface area contributed by atoms with Crippen LogP contribution in [0, 0.1) is 23.1 Å². The average Bonchev–Trinajstić information content (AvgIpc) is 2.79. The van der Waals surface area contributed by atoms with Gasteiger partial charge in [0, 0.05) is 12.6 Å². The molecule has 2 unspecified atom stereocenters. The summed E-state index contributed by atoms with van der Waals surface area (Å²) in [7, 11) is 2.19. The molecule has 0 aliphatic heterocycles. The van der Waals surface area contributed by atoms with E-state index in [0.29, 0.717) is 12.0 Å². The molecule has 2 aromatic carbocycles. The molecule has 0 heterocycles. The molecule has 0 N–H and O–H groups in total. The molecule has 1 fully saturated rings. The summed E-state index contributed by atoms with van der Waals surface area (Å²) in [6.07, 6.45) is 8.71. The van der Waals surface area contributed by atoms with Crippen LogP contribution in [0.15, 0.2) is 54.6 Å². The maximum absolute atomic E-state index is 13.6. The molecule has 3 heteroatoms. The van der Waals surface area contributed by atoms with Gasteiger partial charge in [0.2, 0.25) is 0 Å². The molecule has 0 amide bonds. The fourth-order valence-corrected chi connectivity index (χ4v) is 5.27. The molecule has 0 saturated heterocycles. The molecule has 1 saturated carbocycles. The van der Waals surface area contributed by atoms with Crippen LogP contribution in [-0.4, -0.2) is 18.0 Å². The standard InChI is InChI=1S/C27H35FN2/c1-3-26(30(2)20-22-10-6-4-7-11-22)18-19-27(21-29,23-12-8-5-9-13-23)24-14-16-25(28)17-15-24/h4,6-7,10-11,14-17,23,26H,3,5,8-9,12-13,18-20H2,1-2H3. The summed E-state index contributed by atoms with van der Waals surface area (Å²) >= 11 is 0. The highest BCUT2D eigenvalue weighted by atomic mass is 19.1. The van der Waals surface area contributed by atoms with Crippen molar-refractivity contribution in [2.45, 2.75) is 76.3 Å². The Morgan fingerprint density at radius 3 is 2.33 bits per heavy atom. The first-order valence-electron chi connectivity index (χ1n) is 11.5. The predicted octanol–water partition coefficient (Wildman–Crippen LogP) is 6.86. The number of hydrogen-bond donors (Lipinski definition) is 0. The van der Waals surface area contributed by atoms with Crippen molar-refractivity contribution in [1.29, 1.82) is 5.26 Å². The van der Waals surface area contributed by atoms with Crippen molar-refractivity contribution in [1.82, 2.24) is 4.90 Å². The van der Waals surface area contributed by atoms with E-state index in [1.54, 1.807) is 0 Å². The van der Waals surface area contributed by atoms with Crippen molar-refractivity contribution in [3.05, 3.63) is 71.5 Å². The van der Waals surface area contributed by atoms with E-state index < -0.39 is 5.41 Å². The number of rotatable bonds is 9. The lowest BCUT2D eigenvalue weighted by molar-refractivity contribution is 0.179. The van der Waals surface area contributed by atoms with Gasteiger partial charge in [0.25, 0.3) is 0 Å². The Balaban J connectivity index is 1.79. The maximum atomic E-state index is 13.6. The van der Waals surface area contributed by atoms with Crippen LogP contribution in [0.2, 0.25) is 0 Å². The quantitative estimate of drug-likeness (QED) is 0.455. The molecule has 160 valence electrons. The van der Waals surface area contributed by atoms with E-state index in [1.807, 2.05) is 12.1 Å². The highest BCUT2D eigenvalue weighted by molar-refractivity contribution is 5.34. The molecule has 30 heavy (non-hydrogen) atoms. The molecular formula is C27H35FN2. The predicted molar refractivity (Wildman–Crippen MR) is 121 cm³/mol. The minimum atomic E-state index is -0.519. The smallest absolute Gasteiger partial charge is 0.123 e. The van der Waals surface area contributed by atoms with Crippen LogP contribution in [0.4, 0.5) is 4.39 Å². The molecule has 0 bridgehead atoms. The van der Waals surface area contributed by atoms with Crippen LogP contribution >= 0.6 is 0 Å². The Morgan fingerprint density at radius 2 is 1.73 bits per heavy atom. The largest absolute Gasteiger partial charge is 0.299 e. The molecular weight excluding hydrogens is 371 g/mol. The molecule has 2 atom stereocenters. The van der Waals surface area contributed by atoms with Gasteiger partial charge in [-0.2, -0.15) is 5.26 Å². The van der Waals surface area contributed by atoms with E-state index in [1.165, 1.54) is 37.0 Å². The first-order valence-corrected chi connectivity index (χ1v) is 11.5. The van der Waals surface area contributed by atoms with Gasteiger partial charge in [0.05, 0.1) is 11.5 Å². The molecule has 2 aromatic rings. The van der Waals surface area contributed by atoms with E-state index in [0.717, 1.165) is 44.2 Å². The summed E-state index contributed by atoms with van der Waals surface area (Å²) in [5, 5.41) is 10.5. The van der Waals surface area contributed by atoms with E-state index in [2.05, 4.69) is 55.3 Å². The summed E-state index contributed by atoms with van der Waals surface area (Å²) in [6.45, 7) is 3.15. The number of halogens is 1. The van der Waals surface area contributed by atoms with Gasteiger partial charge in [-0.25, -0.2) is 4.39 Å². The van der Waals surface area contributed by atoms with Crippen LogP contribution in [0.1, 0.15) is 69.4 Å². The minimum Gasteiger partial charge on any atom is -0.299 e. The number of nitrogens with zero attached hydrogens (tertiary/aromatic N) is 2. The van der Waals surface area contributed by atoms with Crippen molar-refractivity contribution in [3.8, 4) is 6.07 Å².